The van der Waals surface area contributed by atoms with E-state index >= 15 is 0 Å². The maximum absolute atomic E-state index is 6.03. The summed E-state index contributed by atoms with van der Waals surface area (Å²) in [5, 5.41) is 3.74. The molecule has 0 aliphatic carbocycles. The molecule has 0 amide bonds. The summed E-state index contributed by atoms with van der Waals surface area (Å²) in [6.45, 7) is 12.3. The predicted molar refractivity (Wildman–Crippen MR) is 75.2 cm³/mol. The standard InChI is InChI=1S/C14H31N3/c1-4-8-17-9-5-6-14(12-15,7-10-17)16-11-13(2)3/h13,16H,4-12,15H2,1-3H3. The highest BCUT2D eigenvalue weighted by Crippen LogP contribution is 2.22. The predicted octanol–water partition coefficient (Wildman–Crippen LogP) is 1.83. The van der Waals surface area contributed by atoms with Crippen LogP contribution in [-0.2, 0) is 0 Å². The maximum Gasteiger partial charge on any atom is 0.0316 e. The Balaban J connectivity index is 2.49. The minimum Gasteiger partial charge on any atom is -0.329 e. The number of likely N-dealkylation sites (tertiary alicyclic amines) is 1. The zero-order valence-corrected chi connectivity index (χ0v) is 12.0. The van der Waals surface area contributed by atoms with E-state index in [0.717, 1.165) is 13.1 Å². The normalized spacial score (nSPS) is 27.4. The van der Waals surface area contributed by atoms with Crippen LogP contribution in [0, 0.1) is 5.92 Å². The van der Waals surface area contributed by atoms with Gasteiger partial charge in [0.2, 0.25) is 0 Å². The lowest BCUT2D eigenvalue weighted by molar-refractivity contribution is 0.253. The Kier molecular flexibility index (Phi) is 6.45. The number of hydrogen-bond acceptors (Lipinski definition) is 3. The van der Waals surface area contributed by atoms with Gasteiger partial charge in [0.15, 0.2) is 0 Å². The van der Waals surface area contributed by atoms with Crippen LogP contribution in [0.5, 0.6) is 0 Å². The summed E-state index contributed by atoms with van der Waals surface area (Å²) in [5.41, 5.74) is 6.23. The molecule has 1 heterocycles. The van der Waals surface area contributed by atoms with Gasteiger partial charge < -0.3 is 16.0 Å². The van der Waals surface area contributed by atoms with Crippen molar-refractivity contribution in [2.24, 2.45) is 11.7 Å². The minimum absolute atomic E-state index is 0.201. The lowest BCUT2D eigenvalue weighted by atomic mass is 9.90. The third-order valence-corrected chi connectivity index (χ3v) is 3.85. The van der Waals surface area contributed by atoms with Gasteiger partial charge in [0.25, 0.3) is 0 Å². The van der Waals surface area contributed by atoms with Gasteiger partial charge in [-0.25, -0.2) is 0 Å². The van der Waals surface area contributed by atoms with Crippen LogP contribution < -0.4 is 11.1 Å². The van der Waals surface area contributed by atoms with E-state index in [9.17, 15) is 0 Å². The van der Waals surface area contributed by atoms with E-state index in [2.05, 4.69) is 31.0 Å². The first-order chi connectivity index (χ1) is 8.12. The fraction of sp³-hybridized carbons (Fsp3) is 1.00. The Bertz CT molecular complexity index is 206. The molecule has 1 fully saturated rings. The van der Waals surface area contributed by atoms with Crippen molar-refractivity contribution in [2.45, 2.75) is 52.0 Å². The van der Waals surface area contributed by atoms with E-state index in [1.807, 2.05) is 0 Å². The van der Waals surface area contributed by atoms with Gasteiger partial charge >= 0.3 is 0 Å². The summed E-state index contributed by atoms with van der Waals surface area (Å²) in [4.78, 5) is 2.59. The van der Waals surface area contributed by atoms with Gasteiger partial charge in [-0.3, -0.25) is 0 Å². The summed E-state index contributed by atoms with van der Waals surface area (Å²) < 4.78 is 0. The molecule has 3 heteroatoms. The van der Waals surface area contributed by atoms with E-state index in [4.69, 9.17) is 5.73 Å². The zero-order chi connectivity index (χ0) is 12.7. The second-order valence-electron chi connectivity index (χ2n) is 5.95. The van der Waals surface area contributed by atoms with Crippen LogP contribution in [0.1, 0.15) is 46.5 Å². The van der Waals surface area contributed by atoms with Crippen molar-refractivity contribution in [3.05, 3.63) is 0 Å². The van der Waals surface area contributed by atoms with Gasteiger partial charge in [-0.15, -0.1) is 0 Å². The summed E-state index contributed by atoms with van der Waals surface area (Å²) in [7, 11) is 0. The van der Waals surface area contributed by atoms with Crippen LogP contribution in [0.2, 0.25) is 0 Å². The number of hydrogen-bond donors (Lipinski definition) is 2. The molecule has 1 atom stereocenters. The number of nitrogens with two attached hydrogens (primary N) is 1. The Morgan fingerprint density at radius 1 is 1.29 bits per heavy atom. The summed E-state index contributed by atoms with van der Waals surface area (Å²) in [5.74, 6) is 0.702. The lowest BCUT2D eigenvalue weighted by Gasteiger charge is -2.33. The second-order valence-corrected chi connectivity index (χ2v) is 5.95. The molecule has 1 saturated heterocycles. The minimum atomic E-state index is 0.201. The molecule has 0 aromatic rings. The van der Waals surface area contributed by atoms with Crippen molar-refractivity contribution < 1.29 is 0 Å². The fourth-order valence-corrected chi connectivity index (χ4v) is 2.66. The molecule has 0 radical (unpaired) electrons. The molecule has 17 heavy (non-hydrogen) atoms. The average molecular weight is 241 g/mol. The average Bonchev–Trinajstić information content (AvgIpc) is 2.51. The Hall–Kier alpha value is -0.120. The van der Waals surface area contributed by atoms with E-state index in [0.29, 0.717) is 5.92 Å². The summed E-state index contributed by atoms with van der Waals surface area (Å²) in [6, 6.07) is 0. The molecule has 3 N–H and O–H groups in total. The van der Waals surface area contributed by atoms with Crippen LogP contribution in [0.15, 0.2) is 0 Å². The molecule has 1 rings (SSSR count). The lowest BCUT2D eigenvalue weighted by Crippen LogP contribution is -2.52. The largest absolute Gasteiger partial charge is 0.329 e. The first-order valence-corrected chi connectivity index (χ1v) is 7.29. The molecular formula is C14H31N3. The van der Waals surface area contributed by atoms with E-state index in [1.165, 1.54) is 45.3 Å². The zero-order valence-electron chi connectivity index (χ0n) is 12.0. The molecule has 1 unspecified atom stereocenters. The first-order valence-electron chi connectivity index (χ1n) is 7.29. The Morgan fingerprint density at radius 3 is 2.65 bits per heavy atom. The summed E-state index contributed by atoms with van der Waals surface area (Å²) in [6.07, 6.45) is 4.98. The molecule has 0 bridgehead atoms. The number of rotatable bonds is 6. The molecule has 0 spiro atoms. The maximum atomic E-state index is 6.03. The third-order valence-electron chi connectivity index (χ3n) is 3.85. The Morgan fingerprint density at radius 2 is 2.06 bits per heavy atom. The molecule has 3 nitrogen and oxygen atoms in total. The SMILES string of the molecule is CCCN1CCCC(CN)(NCC(C)C)CC1. The van der Waals surface area contributed by atoms with E-state index < -0.39 is 0 Å². The highest BCUT2D eigenvalue weighted by atomic mass is 15.1. The monoisotopic (exact) mass is 241 g/mol. The van der Waals surface area contributed by atoms with Crippen molar-refractivity contribution in [1.29, 1.82) is 0 Å². The molecule has 0 aromatic carbocycles. The molecule has 0 saturated carbocycles. The van der Waals surface area contributed by atoms with E-state index in [-0.39, 0.29) is 5.54 Å². The van der Waals surface area contributed by atoms with Gasteiger partial charge in [-0.2, -0.15) is 0 Å². The van der Waals surface area contributed by atoms with Crippen molar-refractivity contribution in [3.8, 4) is 0 Å². The van der Waals surface area contributed by atoms with Crippen molar-refractivity contribution >= 4 is 0 Å². The topological polar surface area (TPSA) is 41.3 Å². The van der Waals surface area contributed by atoms with Gasteiger partial charge in [0, 0.05) is 12.1 Å². The van der Waals surface area contributed by atoms with Crippen LogP contribution >= 0.6 is 0 Å². The first kappa shape index (κ1) is 14.9. The molecule has 102 valence electrons. The summed E-state index contributed by atoms with van der Waals surface area (Å²) >= 11 is 0. The third kappa shape index (κ3) is 4.94. The van der Waals surface area contributed by atoms with E-state index in [1.54, 1.807) is 0 Å². The van der Waals surface area contributed by atoms with Gasteiger partial charge in [-0.05, 0) is 57.8 Å². The Labute approximate surface area is 107 Å². The molecule has 1 aliphatic rings. The van der Waals surface area contributed by atoms with Gasteiger partial charge in [0.05, 0.1) is 0 Å². The van der Waals surface area contributed by atoms with Crippen LogP contribution in [-0.4, -0.2) is 43.2 Å². The van der Waals surface area contributed by atoms with Crippen molar-refractivity contribution in [1.82, 2.24) is 10.2 Å². The molecular weight excluding hydrogens is 210 g/mol. The second kappa shape index (κ2) is 7.34. The highest BCUT2D eigenvalue weighted by molar-refractivity contribution is 4.92. The number of nitrogens with zero attached hydrogens (tertiary/aromatic N) is 1. The molecule has 1 aliphatic heterocycles. The van der Waals surface area contributed by atoms with Crippen molar-refractivity contribution in [2.75, 3.05) is 32.7 Å². The van der Waals surface area contributed by atoms with Crippen molar-refractivity contribution in [3.63, 3.8) is 0 Å². The van der Waals surface area contributed by atoms with Crippen LogP contribution in [0.4, 0.5) is 0 Å². The van der Waals surface area contributed by atoms with Gasteiger partial charge in [0.1, 0.15) is 0 Å². The van der Waals surface area contributed by atoms with Crippen LogP contribution in [0.3, 0.4) is 0 Å². The van der Waals surface area contributed by atoms with Gasteiger partial charge in [-0.1, -0.05) is 20.8 Å². The highest BCUT2D eigenvalue weighted by Gasteiger charge is 2.30. The smallest absolute Gasteiger partial charge is 0.0316 e. The number of nitrogens with one attached hydrogen (secondary N) is 1. The molecule has 0 aromatic heterocycles. The quantitative estimate of drug-likeness (QED) is 0.745. The fourth-order valence-electron chi connectivity index (χ4n) is 2.66. The van der Waals surface area contributed by atoms with Crippen LogP contribution in [0.25, 0.3) is 0 Å².